The number of hydrogen-bond acceptors (Lipinski definition) is 1. The molecule has 0 aliphatic rings. The fourth-order valence-electron chi connectivity index (χ4n) is 1.06. The van der Waals surface area contributed by atoms with Gasteiger partial charge in [0.15, 0.2) is 5.78 Å². The molecule has 0 radical (unpaired) electrons. The van der Waals surface area contributed by atoms with Crippen LogP contribution < -0.4 is 0 Å². The van der Waals surface area contributed by atoms with Gasteiger partial charge in [0.2, 0.25) is 0 Å². The van der Waals surface area contributed by atoms with Crippen molar-refractivity contribution in [2.45, 2.75) is 13.3 Å². The lowest BCUT2D eigenvalue weighted by atomic mass is 10.1. The van der Waals surface area contributed by atoms with E-state index in [1.54, 1.807) is 0 Å². The van der Waals surface area contributed by atoms with E-state index < -0.39 is 0 Å². The monoisotopic (exact) mass is 238 g/mol. The van der Waals surface area contributed by atoms with Crippen molar-refractivity contribution in [2.75, 3.05) is 0 Å². The summed E-state index contributed by atoms with van der Waals surface area (Å²) in [6.07, 6.45) is 0.419. The zero-order chi connectivity index (χ0) is 9.84. The molecule has 1 aromatic rings. The largest absolute Gasteiger partial charge is 0.294 e. The van der Waals surface area contributed by atoms with Gasteiger partial charge in [0.05, 0.1) is 0 Å². The predicted octanol–water partition coefficient (Wildman–Crippen LogP) is 3.60. The fourth-order valence-corrected chi connectivity index (χ4v) is 1.56. The summed E-state index contributed by atoms with van der Waals surface area (Å²) in [4.78, 5) is 11.6. The van der Waals surface area contributed by atoms with Crippen LogP contribution in [0.25, 0.3) is 0 Å². The van der Waals surface area contributed by atoms with E-state index in [-0.39, 0.29) is 5.78 Å². The van der Waals surface area contributed by atoms with Crippen molar-refractivity contribution in [3.63, 3.8) is 0 Å². The lowest BCUT2D eigenvalue weighted by Gasteiger charge is -2.02. The smallest absolute Gasteiger partial charge is 0.168 e. The van der Waals surface area contributed by atoms with Crippen molar-refractivity contribution < 1.29 is 4.79 Å². The molecule has 0 atom stereocenters. The van der Waals surface area contributed by atoms with Gasteiger partial charge in [-0.2, -0.15) is 0 Å². The molecule has 0 amide bonds. The van der Waals surface area contributed by atoms with E-state index in [2.05, 4.69) is 22.5 Å². The fraction of sp³-hybridized carbons (Fsp3) is 0.182. The summed E-state index contributed by atoms with van der Waals surface area (Å²) in [7, 11) is 0. The van der Waals surface area contributed by atoms with Crippen LogP contribution in [0.4, 0.5) is 0 Å². The average Bonchev–Trinajstić information content (AvgIpc) is 2.03. The summed E-state index contributed by atoms with van der Waals surface area (Å²) in [6, 6.07) is 7.43. The van der Waals surface area contributed by atoms with Crippen molar-refractivity contribution in [2.24, 2.45) is 0 Å². The Bertz CT molecular complexity index is 342. The molecule has 0 bridgehead atoms. The Morgan fingerprint density at radius 1 is 1.46 bits per heavy atom. The van der Waals surface area contributed by atoms with E-state index in [0.717, 1.165) is 15.6 Å². The summed E-state index contributed by atoms with van der Waals surface area (Å²) in [5.74, 6) is 0.111. The predicted molar refractivity (Wildman–Crippen MR) is 57.9 cm³/mol. The zero-order valence-corrected chi connectivity index (χ0v) is 9.10. The Morgan fingerprint density at radius 2 is 2.08 bits per heavy atom. The van der Waals surface area contributed by atoms with Crippen LogP contribution in [0.15, 0.2) is 40.9 Å². The van der Waals surface area contributed by atoms with Crippen molar-refractivity contribution >= 4 is 21.7 Å². The van der Waals surface area contributed by atoms with Crippen LogP contribution in [0.3, 0.4) is 0 Å². The van der Waals surface area contributed by atoms with Crippen LogP contribution in [0.2, 0.25) is 0 Å². The highest BCUT2D eigenvalue weighted by atomic mass is 79.9. The number of allylic oxidation sites excluding steroid dienone is 1. The molecule has 13 heavy (non-hydrogen) atoms. The molecule has 0 aromatic heterocycles. The van der Waals surface area contributed by atoms with Crippen LogP contribution in [-0.4, -0.2) is 5.78 Å². The molecule has 0 N–H and O–H groups in total. The number of carbonyl (C=O) groups is 1. The van der Waals surface area contributed by atoms with Gasteiger partial charge in [0, 0.05) is 16.5 Å². The maximum atomic E-state index is 11.6. The number of carbonyl (C=O) groups excluding carboxylic acids is 1. The maximum absolute atomic E-state index is 11.6. The van der Waals surface area contributed by atoms with Crippen molar-refractivity contribution in [1.82, 2.24) is 0 Å². The van der Waals surface area contributed by atoms with Gasteiger partial charge in [-0.05, 0) is 13.0 Å². The first-order valence-corrected chi connectivity index (χ1v) is 4.82. The summed E-state index contributed by atoms with van der Waals surface area (Å²) >= 11 is 3.34. The molecular weight excluding hydrogens is 228 g/mol. The molecule has 1 rings (SSSR count). The van der Waals surface area contributed by atoms with Gasteiger partial charge in [-0.25, -0.2) is 0 Å². The number of hydrogen-bond donors (Lipinski definition) is 0. The average molecular weight is 239 g/mol. The molecule has 0 aliphatic heterocycles. The van der Waals surface area contributed by atoms with Gasteiger partial charge < -0.3 is 0 Å². The van der Waals surface area contributed by atoms with Gasteiger partial charge in [-0.1, -0.05) is 46.3 Å². The van der Waals surface area contributed by atoms with E-state index >= 15 is 0 Å². The van der Waals surface area contributed by atoms with E-state index in [0.29, 0.717) is 6.42 Å². The normalized spacial score (nSPS) is 9.69. The standard InChI is InChI=1S/C11H11BrO/c1-8(2)7-11(13)9-5-3-4-6-10(9)12/h3-6H,1,7H2,2H3. The zero-order valence-electron chi connectivity index (χ0n) is 7.51. The Morgan fingerprint density at radius 3 is 2.62 bits per heavy atom. The molecule has 1 nitrogen and oxygen atoms in total. The minimum atomic E-state index is 0.111. The molecule has 0 saturated carbocycles. The molecular formula is C11H11BrO. The quantitative estimate of drug-likeness (QED) is 0.581. The second kappa shape index (κ2) is 4.38. The first kappa shape index (κ1) is 10.2. The van der Waals surface area contributed by atoms with E-state index in [9.17, 15) is 4.79 Å². The third-order valence-electron chi connectivity index (χ3n) is 1.64. The van der Waals surface area contributed by atoms with Crippen LogP contribution >= 0.6 is 15.9 Å². The highest BCUT2D eigenvalue weighted by molar-refractivity contribution is 9.10. The summed E-state index contributed by atoms with van der Waals surface area (Å²) in [5.41, 5.74) is 1.62. The topological polar surface area (TPSA) is 17.1 Å². The molecule has 0 heterocycles. The molecule has 0 unspecified atom stereocenters. The summed E-state index contributed by atoms with van der Waals surface area (Å²) in [5, 5.41) is 0. The van der Waals surface area contributed by atoms with Crippen molar-refractivity contribution in [3.05, 3.63) is 46.5 Å². The first-order valence-electron chi connectivity index (χ1n) is 4.03. The number of ketones is 1. The van der Waals surface area contributed by atoms with Gasteiger partial charge in [-0.3, -0.25) is 4.79 Å². The first-order chi connectivity index (χ1) is 6.11. The molecule has 0 spiro atoms. The van der Waals surface area contributed by atoms with Crippen molar-refractivity contribution in [3.8, 4) is 0 Å². The van der Waals surface area contributed by atoms with Crippen LogP contribution in [0.5, 0.6) is 0 Å². The molecule has 2 heteroatoms. The van der Waals surface area contributed by atoms with Crippen LogP contribution in [0, 0.1) is 0 Å². The third-order valence-corrected chi connectivity index (χ3v) is 2.33. The molecule has 68 valence electrons. The second-order valence-corrected chi connectivity index (χ2v) is 3.89. The van der Waals surface area contributed by atoms with Crippen molar-refractivity contribution in [1.29, 1.82) is 0 Å². The second-order valence-electron chi connectivity index (χ2n) is 3.04. The van der Waals surface area contributed by atoms with Crippen LogP contribution in [-0.2, 0) is 0 Å². The Balaban J connectivity index is 2.89. The Labute approximate surface area is 86.6 Å². The minimum absolute atomic E-state index is 0.111. The maximum Gasteiger partial charge on any atom is 0.168 e. The number of rotatable bonds is 3. The SMILES string of the molecule is C=C(C)CC(=O)c1ccccc1Br. The number of benzene rings is 1. The van der Waals surface area contributed by atoms with Gasteiger partial charge in [0.25, 0.3) is 0 Å². The lowest BCUT2D eigenvalue weighted by molar-refractivity contribution is 0.0992. The Kier molecular flexibility index (Phi) is 3.43. The molecule has 0 fully saturated rings. The number of halogens is 1. The molecule has 1 aromatic carbocycles. The lowest BCUT2D eigenvalue weighted by Crippen LogP contribution is -1.99. The highest BCUT2D eigenvalue weighted by Gasteiger charge is 2.08. The molecule has 0 saturated heterocycles. The summed E-state index contributed by atoms with van der Waals surface area (Å²) in [6.45, 7) is 5.57. The van der Waals surface area contributed by atoms with E-state index in [1.807, 2.05) is 31.2 Å². The van der Waals surface area contributed by atoms with Gasteiger partial charge >= 0.3 is 0 Å². The molecule has 0 aliphatic carbocycles. The van der Waals surface area contributed by atoms with Crippen LogP contribution in [0.1, 0.15) is 23.7 Å². The van der Waals surface area contributed by atoms with Gasteiger partial charge in [-0.15, -0.1) is 0 Å². The summed E-state index contributed by atoms with van der Waals surface area (Å²) < 4.78 is 0.848. The highest BCUT2D eigenvalue weighted by Crippen LogP contribution is 2.18. The minimum Gasteiger partial charge on any atom is -0.294 e. The van der Waals surface area contributed by atoms with E-state index in [1.165, 1.54) is 0 Å². The third kappa shape index (κ3) is 2.81. The Hall–Kier alpha value is -0.890. The van der Waals surface area contributed by atoms with Gasteiger partial charge in [0.1, 0.15) is 0 Å². The van der Waals surface area contributed by atoms with E-state index in [4.69, 9.17) is 0 Å². The number of Topliss-reactive ketones (excluding diaryl/α,β-unsaturated/α-hetero) is 1.